The molecule has 0 aliphatic carbocycles. The quantitative estimate of drug-likeness (QED) is 0.465. The van der Waals surface area contributed by atoms with Gasteiger partial charge in [0, 0.05) is 15.6 Å². The Morgan fingerprint density at radius 1 is 1.64 bits per heavy atom. The first kappa shape index (κ1) is 10.4. The topological polar surface area (TPSA) is 77.9 Å². The van der Waals surface area contributed by atoms with Crippen molar-refractivity contribution in [2.24, 2.45) is 5.11 Å². The summed E-state index contributed by atoms with van der Waals surface area (Å²) in [6, 6.07) is 6.71. The summed E-state index contributed by atoms with van der Waals surface area (Å²) in [6.07, 6.45) is 0. The molecular formula is C8H7ClN4O. The molecule has 1 amide bonds. The van der Waals surface area contributed by atoms with Crippen molar-refractivity contribution in [3.63, 3.8) is 0 Å². The third kappa shape index (κ3) is 3.35. The smallest absolute Gasteiger partial charge is 0.230 e. The molecule has 0 bridgehead atoms. The van der Waals surface area contributed by atoms with Crippen LogP contribution in [0.25, 0.3) is 10.4 Å². The van der Waals surface area contributed by atoms with Crippen LogP contribution in [-0.2, 0) is 4.79 Å². The molecule has 0 spiro atoms. The van der Waals surface area contributed by atoms with Crippen LogP contribution in [0.3, 0.4) is 0 Å². The normalized spacial score (nSPS) is 8.93. The van der Waals surface area contributed by atoms with E-state index in [-0.39, 0.29) is 12.5 Å². The number of carbonyl (C=O) groups is 1. The van der Waals surface area contributed by atoms with Gasteiger partial charge in [-0.15, -0.1) is 0 Å². The van der Waals surface area contributed by atoms with Gasteiger partial charge < -0.3 is 5.32 Å². The standard InChI is InChI=1S/C8H7ClN4O/c9-6-2-1-3-7(4-6)12-8(14)5-11-13-10/h1-4H,5H2,(H,12,14). The van der Waals surface area contributed by atoms with Gasteiger partial charge in [0.1, 0.15) is 6.54 Å². The molecule has 1 aromatic rings. The molecule has 1 aromatic carbocycles. The molecule has 1 rings (SSSR count). The minimum atomic E-state index is -0.370. The molecular weight excluding hydrogens is 204 g/mol. The summed E-state index contributed by atoms with van der Waals surface area (Å²) in [5.74, 6) is -0.370. The van der Waals surface area contributed by atoms with Gasteiger partial charge in [0.2, 0.25) is 5.91 Å². The van der Waals surface area contributed by atoms with Crippen molar-refractivity contribution in [2.75, 3.05) is 11.9 Å². The van der Waals surface area contributed by atoms with E-state index in [1.165, 1.54) is 0 Å². The van der Waals surface area contributed by atoms with Crippen LogP contribution in [0, 0.1) is 0 Å². The van der Waals surface area contributed by atoms with Crippen molar-refractivity contribution in [1.29, 1.82) is 0 Å². The number of amides is 1. The zero-order chi connectivity index (χ0) is 10.4. The highest BCUT2D eigenvalue weighted by molar-refractivity contribution is 6.30. The lowest BCUT2D eigenvalue weighted by Crippen LogP contribution is -2.14. The number of anilines is 1. The SMILES string of the molecule is [N-]=[N+]=NCC(=O)Nc1cccc(Cl)c1. The van der Waals surface area contributed by atoms with Crippen LogP contribution in [-0.4, -0.2) is 12.5 Å². The van der Waals surface area contributed by atoms with Crippen molar-refractivity contribution in [2.45, 2.75) is 0 Å². The molecule has 6 heteroatoms. The lowest BCUT2D eigenvalue weighted by Gasteiger charge is -2.02. The Labute approximate surface area is 85.3 Å². The second-order valence-corrected chi connectivity index (χ2v) is 2.88. The van der Waals surface area contributed by atoms with E-state index in [2.05, 4.69) is 15.3 Å². The second kappa shape index (κ2) is 5.11. The fraction of sp³-hybridized carbons (Fsp3) is 0.125. The van der Waals surface area contributed by atoms with E-state index in [0.29, 0.717) is 10.7 Å². The lowest BCUT2D eigenvalue weighted by atomic mass is 10.3. The van der Waals surface area contributed by atoms with E-state index in [1.54, 1.807) is 24.3 Å². The third-order valence-electron chi connectivity index (χ3n) is 1.39. The first-order valence-electron chi connectivity index (χ1n) is 3.78. The predicted molar refractivity (Wildman–Crippen MR) is 54.1 cm³/mol. The van der Waals surface area contributed by atoms with Crippen LogP contribution in [0.1, 0.15) is 0 Å². The van der Waals surface area contributed by atoms with E-state index in [0.717, 1.165) is 0 Å². The van der Waals surface area contributed by atoms with Crippen LogP contribution >= 0.6 is 11.6 Å². The molecule has 1 N–H and O–H groups in total. The van der Waals surface area contributed by atoms with E-state index < -0.39 is 0 Å². The van der Waals surface area contributed by atoms with Gasteiger partial charge in [-0.05, 0) is 23.7 Å². The van der Waals surface area contributed by atoms with E-state index in [9.17, 15) is 4.79 Å². The highest BCUT2D eigenvalue weighted by atomic mass is 35.5. The molecule has 0 radical (unpaired) electrons. The molecule has 72 valence electrons. The molecule has 0 saturated heterocycles. The summed E-state index contributed by atoms with van der Waals surface area (Å²) in [5, 5.41) is 6.19. The summed E-state index contributed by atoms with van der Waals surface area (Å²) < 4.78 is 0. The first-order valence-corrected chi connectivity index (χ1v) is 4.16. The number of halogens is 1. The van der Waals surface area contributed by atoms with Gasteiger partial charge >= 0.3 is 0 Å². The van der Waals surface area contributed by atoms with Gasteiger partial charge in [0.15, 0.2) is 0 Å². The molecule has 0 aliphatic heterocycles. The van der Waals surface area contributed by atoms with Crippen molar-refractivity contribution < 1.29 is 4.79 Å². The molecule has 0 unspecified atom stereocenters. The van der Waals surface area contributed by atoms with Gasteiger partial charge in [-0.2, -0.15) is 0 Å². The fourth-order valence-corrected chi connectivity index (χ4v) is 1.05. The van der Waals surface area contributed by atoms with E-state index in [4.69, 9.17) is 17.1 Å². The van der Waals surface area contributed by atoms with E-state index in [1.807, 2.05) is 0 Å². The van der Waals surface area contributed by atoms with Gasteiger partial charge in [0.25, 0.3) is 0 Å². The Morgan fingerprint density at radius 2 is 2.43 bits per heavy atom. The molecule has 14 heavy (non-hydrogen) atoms. The Bertz CT molecular complexity index is 387. The molecule has 0 saturated carbocycles. The van der Waals surface area contributed by atoms with Crippen molar-refractivity contribution in [3.05, 3.63) is 39.7 Å². The third-order valence-corrected chi connectivity index (χ3v) is 1.62. The summed E-state index contributed by atoms with van der Waals surface area (Å²) in [4.78, 5) is 13.5. The summed E-state index contributed by atoms with van der Waals surface area (Å²) in [6.45, 7) is -0.219. The minimum absolute atomic E-state index is 0.219. The maximum atomic E-state index is 11.1. The van der Waals surface area contributed by atoms with E-state index >= 15 is 0 Å². The maximum Gasteiger partial charge on any atom is 0.230 e. The largest absolute Gasteiger partial charge is 0.326 e. The zero-order valence-electron chi connectivity index (χ0n) is 7.14. The van der Waals surface area contributed by atoms with Gasteiger partial charge in [0.05, 0.1) is 0 Å². The number of benzene rings is 1. The molecule has 0 heterocycles. The van der Waals surface area contributed by atoms with Gasteiger partial charge in [-0.25, -0.2) is 0 Å². The molecule has 0 aromatic heterocycles. The van der Waals surface area contributed by atoms with Crippen LogP contribution in [0.5, 0.6) is 0 Å². The Hall–Kier alpha value is -1.71. The maximum absolute atomic E-state index is 11.1. The monoisotopic (exact) mass is 210 g/mol. The summed E-state index contributed by atoms with van der Waals surface area (Å²) in [5.41, 5.74) is 8.56. The van der Waals surface area contributed by atoms with Crippen LogP contribution in [0.2, 0.25) is 5.02 Å². The fourth-order valence-electron chi connectivity index (χ4n) is 0.863. The molecule has 0 fully saturated rings. The number of azide groups is 1. The minimum Gasteiger partial charge on any atom is -0.326 e. The first-order chi connectivity index (χ1) is 6.72. The average Bonchev–Trinajstić information content (AvgIpc) is 2.15. The number of hydrogen-bond donors (Lipinski definition) is 1. The van der Waals surface area contributed by atoms with Crippen molar-refractivity contribution in [1.82, 2.24) is 0 Å². The number of rotatable bonds is 3. The van der Waals surface area contributed by atoms with Crippen LogP contribution in [0.15, 0.2) is 29.4 Å². The summed E-state index contributed by atoms with van der Waals surface area (Å²) >= 11 is 5.70. The van der Waals surface area contributed by atoms with Crippen molar-refractivity contribution in [3.8, 4) is 0 Å². The molecule has 5 nitrogen and oxygen atoms in total. The zero-order valence-corrected chi connectivity index (χ0v) is 7.90. The number of nitrogens with one attached hydrogen (secondary N) is 1. The molecule has 0 aliphatic rings. The Balaban J connectivity index is 2.60. The van der Waals surface area contributed by atoms with Crippen LogP contribution in [0.4, 0.5) is 5.69 Å². The predicted octanol–water partition coefficient (Wildman–Crippen LogP) is 2.59. The van der Waals surface area contributed by atoms with Crippen molar-refractivity contribution >= 4 is 23.2 Å². The highest BCUT2D eigenvalue weighted by Gasteiger charge is 1.99. The number of carbonyl (C=O) groups excluding carboxylic acids is 1. The van der Waals surface area contributed by atoms with Crippen LogP contribution < -0.4 is 5.32 Å². The summed E-state index contributed by atoms with van der Waals surface area (Å²) in [7, 11) is 0. The number of hydrogen-bond acceptors (Lipinski definition) is 2. The highest BCUT2D eigenvalue weighted by Crippen LogP contribution is 2.14. The lowest BCUT2D eigenvalue weighted by molar-refractivity contribution is -0.114. The average molecular weight is 211 g/mol. The molecule has 0 atom stereocenters. The Kier molecular flexibility index (Phi) is 3.79. The number of nitrogens with zero attached hydrogens (tertiary/aromatic N) is 3. The van der Waals surface area contributed by atoms with Gasteiger partial charge in [-0.3, -0.25) is 4.79 Å². The Morgan fingerprint density at radius 3 is 3.07 bits per heavy atom. The second-order valence-electron chi connectivity index (χ2n) is 2.45. The van der Waals surface area contributed by atoms with Gasteiger partial charge in [-0.1, -0.05) is 22.8 Å².